The molecule has 0 aliphatic carbocycles. The van der Waals surface area contributed by atoms with Crippen molar-refractivity contribution < 1.29 is 0 Å². The number of rotatable bonds is 4. The van der Waals surface area contributed by atoms with Gasteiger partial charge in [-0.05, 0) is 13.8 Å². The third-order valence-electron chi connectivity index (χ3n) is 2.37. The summed E-state index contributed by atoms with van der Waals surface area (Å²) in [7, 11) is 0. The molecule has 2 aromatic heterocycles. The Morgan fingerprint density at radius 1 is 1.40 bits per heavy atom. The summed E-state index contributed by atoms with van der Waals surface area (Å²) >= 11 is 1.67. The fraction of sp³-hybridized carbons (Fsp3) is 0.400. The number of nitrogens with one attached hydrogen (secondary N) is 2. The number of aromatic amines is 1. The summed E-state index contributed by atoms with van der Waals surface area (Å²) < 4.78 is 0. The van der Waals surface area contributed by atoms with Crippen molar-refractivity contribution in [2.75, 3.05) is 0 Å². The van der Waals surface area contributed by atoms with Crippen LogP contribution in [0, 0.1) is 13.8 Å². The second-order valence-corrected chi connectivity index (χ2v) is 4.45. The number of thiazole rings is 1. The Kier molecular flexibility index (Phi) is 3.13. The molecule has 2 aromatic rings. The average molecular weight is 222 g/mol. The highest BCUT2D eigenvalue weighted by molar-refractivity contribution is 7.09. The lowest BCUT2D eigenvalue weighted by atomic mass is 10.2. The number of aromatic nitrogens is 3. The van der Waals surface area contributed by atoms with E-state index < -0.39 is 0 Å². The minimum absolute atomic E-state index is 0.853. The van der Waals surface area contributed by atoms with Gasteiger partial charge in [-0.1, -0.05) is 0 Å². The van der Waals surface area contributed by atoms with Gasteiger partial charge in [0.05, 0.1) is 11.2 Å². The van der Waals surface area contributed by atoms with Gasteiger partial charge in [-0.25, -0.2) is 0 Å². The maximum absolute atomic E-state index is 4.16. The minimum Gasteiger partial charge on any atom is -0.308 e. The Hall–Kier alpha value is -1.20. The quantitative estimate of drug-likeness (QED) is 0.829. The van der Waals surface area contributed by atoms with E-state index in [1.165, 1.54) is 10.4 Å². The molecule has 0 bridgehead atoms. The molecule has 0 fully saturated rings. The lowest BCUT2D eigenvalue weighted by molar-refractivity contribution is 0.694. The standard InChI is InChI=1S/C10H14N4S/c1-7-10(8(2)14-13-7)5-11-3-9-4-12-6-15-9/h4,6,11H,3,5H2,1-2H3,(H,13,14). The van der Waals surface area contributed by atoms with Crippen molar-refractivity contribution in [3.05, 3.63) is 33.5 Å². The average Bonchev–Trinajstić information content (AvgIpc) is 2.82. The molecule has 80 valence electrons. The van der Waals surface area contributed by atoms with Crippen LogP contribution in [0.2, 0.25) is 0 Å². The molecule has 2 heterocycles. The molecule has 0 aromatic carbocycles. The van der Waals surface area contributed by atoms with Crippen LogP contribution in [0.25, 0.3) is 0 Å². The first kappa shape index (κ1) is 10.3. The molecule has 2 rings (SSSR count). The van der Waals surface area contributed by atoms with Crippen LogP contribution < -0.4 is 5.32 Å². The van der Waals surface area contributed by atoms with Crippen molar-refractivity contribution in [2.45, 2.75) is 26.9 Å². The highest BCUT2D eigenvalue weighted by atomic mass is 32.1. The van der Waals surface area contributed by atoms with Crippen LogP contribution in [0.15, 0.2) is 11.7 Å². The van der Waals surface area contributed by atoms with Gasteiger partial charge in [-0.3, -0.25) is 10.1 Å². The van der Waals surface area contributed by atoms with Gasteiger partial charge in [0.15, 0.2) is 0 Å². The topological polar surface area (TPSA) is 53.6 Å². The molecule has 0 aliphatic heterocycles. The lowest BCUT2D eigenvalue weighted by Gasteiger charge is -2.02. The lowest BCUT2D eigenvalue weighted by Crippen LogP contribution is -2.12. The zero-order chi connectivity index (χ0) is 10.7. The van der Waals surface area contributed by atoms with Gasteiger partial charge in [-0.2, -0.15) is 5.10 Å². The molecule has 15 heavy (non-hydrogen) atoms. The first-order valence-electron chi connectivity index (χ1n) is 4.86. The molecule has 2 N–H and O–H groups in total. The van der Waals surface area contributed by atoms with Crippen LogP contribution in [-0.2, 0) is 13.1 Å². The highest BCUT2D eigenvalue weighted by Gasteiger charge is 2.05. The molecule has 0 saturated heterocycles. The monoisotopic (exact) mass is 222 g/mol. The third kappa shape index (κ3) is 2.43. The predicted molar refractivity (Wildman–Crippen MR) is 60.7 cm³/mol. The number of nitrogens with zero attached hydrogens (tertiary/aromatic N) is 2. The van der Waals surface area contributed by atoms with Crippen LogP contribution in [0.3, 0.4) is 0 Å². The van der Waals surface area contributed by atoms with Crippen LogP contribution in [0.5, 0.6) is 0 Å². The molecule has 0 amide bonds. The SMILES string of the molecule is Cc1n[nH]c(C)c1CNCc1cncs1. The molecule has 0 radical (unpaired) electrons. The summed E-state index contributed by atoms with van der Waals surface area (Å²) in [5.74, 6) is 0. The van der Waals surface area contributed by atoms with E-state index in [1.54, 1.807) is 11.3 Å². The number of aryl methyl sites for hydroxylation is 2. The van der Waals surface area contributed by atoms with Gasteiger partial charge >= 0.3 is 0 Å². The molecule has 0 unspecified atom stereocenters. The number of H-pyrrole nitrogens is 1. The van der Waals surface area contributed by atoms with Crippen molar-refractivity contribution in [1.29, 1.82) is 0 Å². The van der Waals surface area contributed by atoms with Gasteiger partial charge in [-0.15, -0.1) is 11.3 Å². The molecule has 0 saturated carbocycles. The van der Waals surface area contributed by atoms with E-state index in [1.807, 2.05) is 25.6 Å². The summed E-state index contributed by atoms with van der Waals surface area (Å²) in [6.07, 6.45) is 1.90. The fourth-order valence-electron chi connectivity index (χ4n) is 1.47. The summed E-state index contributed by atoms with van der Waals surface area (Å²) in [5.41, 5.74) is 5.33. The van der Waals surface area contributed by atoms with Gasteiger partial charge in [0.1, 0.15) is 0 Å². The zero-order valence-electron chi connectivity index (χ0n) is 8.87. The Morgan fingerprint density at radius 2 is 2.27 bits per heavy atom. The van der Waals surface area contributed by atoms with Gasteiger partial charge in [0.2, 0.25) is 0 Å². The van der Waals surface area contributed by atoms with E-state index >= 15 is 0 Å². The molecular weight excluding hydrogens is 208 g/mol. The predicted octanol–water partition coefficient (Wildman–Crippen LogP) is 1.77. The van der Waals surface area contributed by atoms with E-state index in [0.717, 1.165) is 24.5 Å². The van der Waals surface area contributed by atoms with Crippen molar-refractivity contribution in [1.82, 2.24) is 20.5 Å². The molecule has 5 heteroatoms. The van der Waals surface area contributed by atoms with Crippen LogP contribution >= 0.6 is 11.3 Å². The Balaban J connectivity index is 1.89. The minimum atomic E-state index is 0.853. The van der Waals surface area contributed by atoms with E-state index in [4.69, 9.17) is 0 Å². The molecule has 0 spiro atoms. The number of hydrogen-bond acceptors (Lipinski definition) is 4. The second-order valence-electron chi connectivity index (χ2n) is 3.48. The van der Waals surface area contributed by atoms with E-state index in [0.29, 0.717) is 0 Å². The smallest absolute Gasteiger partial charge is 0.0794 e. The third-order valence-corrected chi connectivity index (χ3v) is 3.14. The van der Waals surface area contributed by atoms with Gasteiger partial charge in [0.25, 0.3) is 0 Å². The normalized spacial score (nSPS) is 10.8. The summed E-state index contributed by atoms with van der Waals surface area (Å²) in [4.78, 5) is 5.29. The van der Waals surface area contributed by atoms with Gasteiger partial charge in [0, 0.05) is 35.4 Å². The fourth-order valence-corrected chi connectivity index (χ4v) is 2.04. The van der Waals surface area contributed by atoms with Crippen LogP contribution in [-0.4, -0.2) is 15.2 Å². The van der Waals surface area contributed by atoms with Crippen molar-refractivity contribution in [2.24, 2.45) is 0 Å². The summed E-state index contributed by atoms with van der Waals surface area (Å²) in [6, 6.07) is 0. The van der Waals surface area contributed by atoms with Crippen LogP contribution in [0.4, 0.5) is 0 Å². The van der Waals surface area contributed by atoms with Crippen LogP contribution in [0.1, 0.15) is 21.8 Å². The number of hydrogen-bond donors (Lipinski definition) is 2. The highest BCUT2D eigenvalue weighted by Crippen LogP contribution is 2.10. The zero-order valence-corrected chi connectivity index (χ0v) is 9.69. The Bertz CT molecular complexity index is 399. The summed E-state index contributed by atoms with van der Waals surface area (Å²) in [6.45, 7) is 5.79. The Labute approximate surface area is 92.8 Å². The van der Waals surface area contributed by atoms with E-state index in [2.05, 4.69) is 20.5 Å². The largest absolute Gasteiger partial charge is 0.308 e. The van der Waals surface area contributed by atoms with Gasteiger partial charge < -0.3 is 5.32 Å². The first-order chi connectivity index (χ1) is 7.27. The molecule has 0 atom stereocenters. The maximum Gasteiger partial charge on any atom is 0.0794 e. The van der Waals surface area contributed by atoms with Crippen molar-refractivity contribution in [3.8, 4) is 0 Å². The maximum atomic E-state index is 4.16. The first-order valence-corrected chi connectivity index (χ1v) is 5.74. The summed E-state index contributed by atoms with van der Waals surface area (Å²) in [5, 5.41) is 10.5. The van der Waals surface area contributed by atoms with Crippen molar-refractivity contribution >= 4 is 11.3 Å². The Morgan fingerprint density at radius 3 is 2.87 bits per heavy atom. The van der Waals surface area contributed by atoms with E-state index in [9.17, 15) is 0 Å². The second kappa shape index (κ2) is 4.55. The molecule has 4 nitrogen and oxygen atoms in total. The molecule has 0 aliphatic rings. The van der Waals surface area contributed by atoms with Crippen molar-refractivity contribution in [3.63, 3.8) is 0 Å². The molecular formula is C10H14N4S. The van der Waals surface area contributed by atoms with E-state index in [-0.39, 0.29) is 0 Å².